The smallest absolute Gasteiger partial charge is 0.264 e. The number of carbonyl (C=O) groups excluding carboxylic acids is 2. The van der Waals surface area contributed by atoms with Gasteiger partial charge < -0.3 is 10.2 Å². The zero-order valence-electron chi connectivity index (χ0n) is 19.6. The number of anilines is 1. The summed E-state index contributed by atoms with van der Waals surface area (Å²) in [5.41, 5.74) is 0.998. The second kappa shape index (κ2) is 11.9. The SMILES string of the molecule is CCC(C(=O)NC)N(Cc1ccccc1Cl)C(=O)CN(c1ccccc1)S(=O)(=O)c1ccccc1. The molecule has 3 rings (SSSR count). The van der Waals surface area contributed by atoms with Crippen LogP contribution in [0.3, 0.4) is 0 Å². The van der Waals surface area contributed by atoms with Gasteiger partial charge >= 0.3 is 0 Å². The number of sulfonamides is 1. The molecular formula is C26H28ClN3O4S. The Hall–Kier alpha value is -3.36. The van der Waals surface area contributed by atoms with Crippen LogP contribution in [-0.2, 0) is 26.2 Å². The van der Waals surface area contributed by atoms with Gasteiger partial charge in [-0.1, -0.05) is 73.1 Å². The third kappa shape index (κ3) is 6.21. The Balaban J connectivity index is 2.03. The number of carbonyl (C=O) groups is 2. The molecule has 0 aliphatic rings. The van der Waals surface area contributed by atoms with Crippen LogP contribution in [0.1, 0.15) is 18.9 Å². The summed E-state index contributed by atoms with van der Waals surface area (Å²) >= 11 is 6.34. The van der Waals surface area contributed by atoms with Crippen LogP contribution in [0.4, 0.5) is 5.69 Å². The number of para-hydroxylation sites is 1. The van der Waals surface area contributed by atoms with Gasteiger partial charge in [0.15, 0.2) is 0 Å². The molecule has 184 valence electrons. The second-order valence-corrected chi connectivity index (χ2v) is 10.1. The largest absolute Gasteiger partial charge is 0.357 e. The van der Waals surface area contributed by atoms with Crippen LogP contribution in [0.25, 0.3) is 0 Å². The standard InChI is InChI=1S/C26H28ClN3O4S/c1-3-24(26(32)28-2)29(18-20-12-10-11-17-23(20)27)25(31)19-30(21-13-6-4-7-14-21)35(33,34)22-15-8-5-9-16-22/h4-17,24H,3,18-19H2,1-2H3,(H,28,32). The first-order valence-electron chi connectivity index (χ1n) is 11.2. The van der Waals surface area contributed by atoms with Gasteiger partial charge in [0.25, 0.3) is 10.0 Å². The van der Waals surface area contributed by atoms with Gasteiger partial charge in [-0.3, -0.25) is 13.9 Å². The lowest BCUT2D eigenvalue weighted by Gasteiger charge is -2.33. The molecule has 7 nitrogen and oxygen atoms in total. The number of rotatable bonds is 10. The van der Waals surface area contributed by atoms with E-state index in [1.54, 1.807) is 79.7 Å². The Morgan fingerprint density at radius 1 is 0.914 bits per heavy atom. The van der Waals surface area contributed by atoms with Crippen LogP contribution in [0.15, 0.2) is 89.8 Å². The molecule has 1 N–H and O–H groups in total. The first kappa shape index (κ1) is 26.2. The fraction of sp³-hybridized carbons (Fsp3) is 0.231. The molecule has 0 saturated heterocycles. The normalized spacial score (nSPS) is 12.0. The Bertz CT molecular complexity index is 1250. The molecule has 0 bridgehead atoms. The lowest BCUT2D eigenvalue weighted by molar-refractivity contribution is -0.140. The summed E-state index contributed by atoms with van der Waals surface area (Å²) in [6.07, 6.45) is 0.340. The summed E-state index contributed by atoms with van der Waals surface area (Å²) in [6, 6.07) is 22.6. The first-order valence-corrected chi connectivity index (χ1v) is 13.0. The first-order chi connectivity index (χ1) is 16.8. The third-order valence-corrected chi connectivity index (χ3v) is 7.74. The fourth-order valence-corrected chi connectivity index (χ4v) is 5.37. The molecule has 0 aromatic heterocycles. The molecule has 1 unspecified atom stereocenters. The summed E-state index contributed by atoms with van der Waals surface area (Å²) in [5, 5.41) is 3.05. The number of benzene rings is 3. The Kier molecular flexibility index (Phi) is 8.89. The van der Waals surface area contributed by atoms with Crippen LogP contribution in [0.5, 0.6) is 0 Å². The van der Waals surface area contributed by atoms with Gasteiger partial charge in [-0.25, -0.2) is 8.42 Å². The van der Waals surface area contributed by atoms with E-state index in [1.165, 1.54) is 24.1 Å². The van der Waals surface area contributed by atoms with E-state index in [0.717, 1.165) is 4.31 Å². The van der Waals surface area contributed by atoms with Crippen LogP contribution < -0.4 is 9.62 Å². The predicted octanol–water partition coefficient (Wildman–Crippen LogP) is 4.09. The van der Waals surface area contributed by atoms with Crippen LogP contribution >= 0.6 is 11.6 Å². The summed E-state index contributed by atoms with van der Waals surface area (Å²) in [5.74, 6) is -0.867. The van der Waals surface area contributed by atoms with Crippen molar-refractivity contribution < 1.29 is 18.0 Å². The molecular weight excluding hydrogens is 486 g/mol. The van der Waals surface area contributed by atoms with E-state index in [1.807, 2.05) is 0 Å². The molecule has 35 heavy (non-hydrogen) atoms. The molecule has 0 saturated carbocycles. The highest BCUT2D eigenvalue weighted by Crippen LogP contribution is 2.25. The number of hydrogen-bond acceptors (Lipinski definition) is 4. The van der Waals surface area contributed by atoms with Gasteiger partial charge in [0.05, 0.1) is 10.6 Å². The minimum absolute atomic E-state index is 0.0540. The molecule has 0 spiro atoms. The third-order valence-electron chi connectivity index (χ3n) is 5.59. The monoisotopic (exact) mass is 513 g/mol. The zero-order valence-corrected chi connectivity index (χ0v) is 21.2. The van der Waals surface area contributed by atoms with E-state index in [0.29, 0.717) is 22.7 Å². The van der Waals surface area contributed by atoms with Crippen molar-refractivity contribution in [3.8, 4) is 0 Å². The van der Waals surface area contributed by atoms with Crippen molar-refractivity contribution in [3.05, 3.63) is 95.5 Å². The van der Waals surface area contributed by atoms with Crippen LogP contribution in [-0.4, -0.2) is 44.8 Å². The topological polar surface area (TPSA) is 86.8 Å². The lowest BCUT2D eigenvalue weighted by atomic mass is 10.1. The average Bonchev–Trinajstić information content (AvgIpc) is 2.88. The van der Waals surface area contributed by atoms with E-state index < -0.39 is 28.5 Å². The maximum absolute atomic E-state index is 13.7. The van der Waals surface area contributed by atoms with Gasteiger partial charge in [0.1, 0.15) is 12.6 Å². The Morgan fingerprint density at radius 2 is 1.49 bits per heavy atom. The average molecular weight is 514 g/mol. The lowest BCUT2D eigenvalue weighted by Crippen LogP contribution is -2.51. The minimum Gasteiger partial charge on any atom is -0.357 e. The van der Waals surface area contributed by atoms with Crippen molar-refractivity contribution in [3.63, 3.8) is 0 Å². The summed E-state index contributed by atoms with van der Waals surface area (Å²) in [4.78, 5) is 27.9. The van der Waals surface area contributed by atoms with Crippen molar-refractivity contribution in [1.82, 2.24) is 10.2 Å². The summed E-state index contributed by atoms with van der Waals surface area (Å²) in [7, 11) is -2.56. The van der Waals surface area contributed by atoms with Crippen molar-refractivity contribution in [2.24, 2.45) is 0 Å². The zero-order chi connectivity index (χ0) is 25.4. The van der Waals surface area contributed by atoms with Gasteiger partial charge in [-0.15, -0.1) is 0 Å². The van der Waals surface area contributed by atoms with Gasteiger partial charge in [0.2, 0.25) is 11.8 Å². The molecule has 2 amide bonds. The molecule has 3 aromatic rings. The number of nitrogens with one attached hydrogen (secondary N) is 1. The number of halogens is 1. The highest BCUT2D eigenvalue weighted by atomic mass is 35.5. The number of hydrogen-bond donors (Lipinski definition) is 1. The predicted molar refractivity (Wildman–Crippen MR) is 138 cm³/mol. The maximum atomic E-state index is 13.7. The van der Waals surface area contributed by atoms with Crippen molar-refractivity contribution >= 4 is 39.1 Å². The molecule has 0 aliphatic heterocycles. The molecule has 1 atom stereocenters. The summed E-state index contributed by atoms with van der Waals surface area (Å²) < 4.78 is 28.2. The number of likely N-dealkylation sites (N-methyl/N-ethyl adjacent to an activating group) is 1. The van der Waals surface area contributed by atoms with E-state index in [4.69, 9.17) is 11.6 Å². The van der Waals surface area contributed by atoms with Crippen molar-refractivity contribution in [2.45, 2.75) is 30.8 Å². The fourth-order valence-electron chi connectivity index (χ4n) is 3.74. The number of amides is 2. The van der Waals surface area contributed by atoms with E-state index in [9.17, 15) is 18.0 Å². The van der Waals surface area contributed by atoms with E-state index in [-0.39, 0.29) is 17.3 Å². The van der Waals surface area contributed by atoms with Gasteiger partial charge in [-0.2, -0.15) is 0 Å². The molecule has 0 fully saturated rings. The molecule has 3 aromatic carbocycles. The Morgan fingerprint density at radius 3 is 2.06 bits per heavy atom. The van der Waals surface area contributed by atoms with Crippen molar-refractivity contribution in [2.75, 3.05) is 17.9 Å². The van der Waals surface area contributed by atoms with Gasteiger partial charge in [0, 0.05) is 18.6 Å². The Labute approximate surface area is 211 Å². The van der Waals surface area contributed by atoms with Gasteiger partial charge in [-0.05, 0) is 42.3 Å². The molecule has 0 radical (unpaired) electrons. The van der Waals surface area contributed by atoms with E-state index in [2.05, 4.69) is 5.32 Å². The highest BCUT2D eigenvalue weighted by molar-refractivity contribution is 7.92. The second-order valence-electron chi connectivity index (χ2n) is 7.81. The van der Waals surface area contributed by atoms with E-state index >= 15 is 0 Å². The van der Waals surface area contributed by atoms with Crippen LogP contribution in [0.2, 0.25) is 5.02 Å². The molecule has 0 aliphatic carbocycles. The van der Waals surface area contributed by atoms with Crippen LogP contribution in [0, 0.1) is 0 Å². The molecule has 9 heteroatoms. The maximum Gasteiger partial charge on any atom is 0.264 e. The quantitative estimate of drug-likeness (QED) is 0.442. The number of nitrogens with zero attached hydrogens (tertiary/aromatic N) is 2. The molecule has 0 heterocycles. The highest BCUT2D eigenvalue weighted by Gasteiger charge is 2.33. The minimum atomic E-state index is -4.06. The summed E-state index contributed by atoms with van der Waals surface area (Å²) in [6.45, 7) is 1.36. The van der Waals surface area contributed by atoms with Crippen molar-refractivity contribution in [1.29, 1.82) is 0 Å².